The third-order valence-corrected chi connectivity index (χ3v) is 5.70. The van der Waals surface area contributed by atoms with Crippen molar-refractivity contribution in [3.05, 3.63) is 0 Å². The summed E-state index contributed by atoms with van der Waals surface area (Å²) in [5, 5.41) is 7.09. The van der Waals surface area contributed by atoms with Gasteiger partial charge in [0.05, 0.1) is 0 Å². The highest BCUT2D eigenvalue weighted by molar-refractivity contribution is 14.0. The maximum absolute atomic E-state index is 11.9. The Labute approximate surface area is 175 Å². The molecule has 1 amide bonds. The fourth-order valence-corrected chi connectivity index (χ4v) is 3.66. The number of hydrogen-bond donors (Lipinski definition) is 2. The number of amides is 1. The van der Waals surface area contributed by atoms with E-state index >= 15 is 0 Å². The highest BCUT2D eigenvalue weighted by Gasteiger charge is 2.36. The Hall–Kier alpha value is -0.570. The molecular weight excluding hydrogens is 443 g/mol. The molecule has 0 bridgehead atoms. The normalized spacial score (nSPS) is 19.9. The van der Waals surface area contributed by atoms with Gasteiger partial charge < -0.3 is 20.3 Å². The summed E-state index contributed by atoms with van der Waals surface area (Å²) in [6.07, 6.45) is 11.1. The van der Waals surface area contributed by atoms with E-state index in [1.165, 1.54) is 51.4 Å². The number of hydrogen-bond acceptors (Lipinski definition) is 3. The summed E-state index contributed by atoms with van der Waals surface area (Å²) >= 11 is 0. The predicted octanol–water partition coefficient (Wildman–Crippen LogP) is 2.77. The summed E-state index contributed by atoms with van der Waals surface area (Å²) in [4.78, 5) is 18.0. The van der Waals surface area contributed by atoms with Gasteiger partial charge in [-0.05, 0) is 37.5 Å². The van der Waals surface area contributed by atoms with Gasteiger partial charge in [0.25, 0.3) is 0 Å². The van der Waals surface area contributed by atoms with Crippen LogP contribution in [0.5, 0.6) is 0 Å². The minimum Gasteiger partial charge on any atom is -0.385 e. The SMILES string of the molecule is COCCC1(CNC(=NCC(=O)N(C)C)NC2CCCCC2)CCC1.I. The quantitative estimate of drug-likeness (QED) is 0.319. The van der Waals surface area contributed by atoms with E-state index in [1.807, 2.05) is 0 Å². The average molecular weight is 480 g/mol. The van der Waals surface area contributed by atoms with Crippen molar-refractivity contribution in [3.63, 3.8) is 0 Å². The van der Waals surface area contributed by atoms with Crippen LogP contribution in [0.2, 0.25) is 0 Å². The van der Waals surface area contributed by atoms with Crippen LogP contribution in [0.4, 0.5) is 0 Å². The van der Waals surface area contributed by atoms with Crippen molar-refractivity contribution in [1.29, 1.82) is 0 Å². The van der Waals surface area contributed by atoms with E-state index in [0.29, 0.717) is 11.5 Å². The number of aliphatic imine (C=N–C) groups is 1. The molecule has 0 saturated heterocycles. The zero-order chi connectivity index (χ0) is 18.1. The van der Waals surface area contributed by atoms with Gasteiger partial charge >= 0.3 is 0 Å². The number of ether oxygens (including phenoxy) is 1. The van der Waals surface area contributed by atoms with Crippen LogP contribution >= 0.6 is 24.0 Å². The van der Waals surface area contributed by atoms with Crippen LogP contribution in [0, 0.1) is 5.41 Å². The molecule has 0 radical (unpaired) electrons. The van der Waals surface area contributed by atoms with E-state index in [4.69, 9.17) is 4.74 Å². The molecule has 7 heteroatoms. The first-order valence-corrected chi connectivity index (χ1v) is 9.79. The van der Waals surface area contributed by atoms with Gasteiger partial charge in [-0.25, -0.2) is 4.99 Å². The Morgan fingerprint density at radius 2 is 1.88 bits per heavy atom. The molecule has 2 N–H and O–H groups in total. The lowest BCUT2D eigenvalue weighted by Gasteiger charge is -2.42. The van der Waals surface area contributed by atoms with Gasteiger partial charge in [0.1, 0.15) is 6.54 Å². The summed E-state index contributed by atoms with van der Waals surface area (Å²) < 4.78 is 5.28. The summed E-state index contributed by atoms with van der Waals surface area (Å²) in [5.74, 6) is 0.827. The van der Waals surface area contributed by atoms with Crippen molar-refractivity contribution < 1.29 is 9.53 Å². The topological polar surface area (TPSA) is 66.0 Å². The molecule has 0 heterocycles. The van der Waals surface area contributed by atoms with Gasteiger partial charge in [0.2, 0.25) is 5.91 Å². The number of nitrogens with one attached hydrogen (secondary N) is 2. The Balaban J connectivity index is 0.00000338. The number of carbonyl (C=O) groups excluding carboxylic acids is 1. The summed E-state index contributed by atoms with van der Waals surface area (Å²) in [5.41, 5.74) is 0.330. The summed E-state index contributed by atoms with van der Waals surface area (Å²) in [6, 6.07) is 0.478. The second-order valence-corrected chi connectivity index (χ2v) is 7.88. The fraction of sp³-hybridized carbons (Fsp3) is 0.895. The van der Waals surface area contributed by atoms with Crippen molar-refractivity contribution in [2.24, 2.45) is 10.4 Å². The van der Waals surface area contributed by atoms with Crippen molar-refractivity contribution in [3.8, 4) is 0 Å². The summed E-state index contributed by atoms with van der Waals surface area (Å²) in [6.45, 7) is 1.91. The Morgan fingerprint density at radius 3 is 2.42 bits per heavy atom. The monoisotopic (exact) mass is 480 g/mol. The number of halogens is 1. The third kappa shape index (κ3) is 7.58. The van der Waals surface area contributed by atoms with Gasteiger partial charge in [0.15, 0.2) is 5.96 Å². The lowest BCUT2D eigenvalue weighted by molar-refractivity contribution is -0.127. The smallest absolute Gasteiger partial charge is 0.243 e. The van der Waals surface area contributed by atoms with Gasteiger partial charge in [-0.1, -0.05) is 25.7 Å². The van der Waals surface area contributed by atoms with E-state index in [9.17, 15) is 4.79 Å². The molecular formula is C19H37IN4O2. The first-order valence-electron chi connectivity index (χ1n) is 9.79. The molecule has 0 aromatic carbocycles. The molecule has 2 aliphatic rings. The van der Waals surface area contributed by atoms with Crippen LogP contribution in [0.15, 0.2) is 4.99 Å². The highest BCUT2D eigenvalue weighted by Crippen LogP contribution is 2.43. The number of carbonyl (C=O) groups is 1. The molecule has 6 nitrogen and oxygen atoms in total. The largest absolute Gasteiger partial charge is 0.385 e. The van der Waals surface area contributed by atoms with E-state index < -0.39 is 0 Å². The second-order valence-electron chi connectivity index (χ2n) is 7.88. The molecule has 0 atom stereocenters. The molecule has 0 aromatic rings. The van der Waals surface area contributed by atoms with Crippen LogP contribution in [-0.2, 0) is 9.53 Å². The minimum atomic E-state index is 0. The van der Waals surface area contributed by atoms with Crippen molar-refractivity contribution in [2.45, 2.75) is 63.8 Å². The lowest BCUT2D eigenvalue weighted by atomic mass is 9.67. The number of likely N-dealkylation sites (N-methyl/N-ethyl adjacent to an activating group) is 1. The van der Waals surface area contributed by atoms with Crippen LogP contribution in [0.3, 0.4) is 0 Å². The minimum absolute atomic E-state index is 0. The molecule has 2 rings (SSSR count). The Morgan fingerprint density at radius 1 is 1.19 bits per heavy atom. The van der Waals surface area contributed by atoms with Crippen molar-refractivity contribution >= 4 is 35.8 Å². The Kier molecular flexibility index (Phi) is 10.8. The van der Waals surface area contributed by atoms with Gasteiger partial charge in [-0.2, -0.15) is 0 Å². The number of methoxy groups -OCH3 is 1. The van der Waals surface area contributed by atoms with Gasteiger partial charge in [-0.3, -0.25) is 4.79 Å². The number of rotatable bonds is 8. The highest BCUT2D eigenvalue weighted by atomic mass is 127. The number of nitrogens with zero attached hydrogens (tertiary/aromatic N) is 2. The maximum atomic E-state index is 11.9. The molecule has 152 valence electrons. The van der Waals surface area contributed by atoms with Crippen LogP contribution in [0.1, 0.15) is 57.8 Å². The summed E-state index contributed by atoms with van der Waals surface area (Å²) in [7, 11) is 5.31. The fourth-order valence-electron chi connectivity index (χ4n) is 3.66. The van der Waals surface area contributed by atoms with E-state index in [0.717, 1.165) is 25.5 Å². The van der Waals surface area contributed by atoms with Crippen LogP contribution < -0.4 is 10.6 Å². The van der Waals surface area contributed by atoms with Crippen molar-refractivity contribution in [2.75, 3.05) is 40.9 Å². The lowest BCUT2D eigenvalue weighted by Crippen LogP contribution is -2.50. The third-order valence-electron chi connectivity index (χ3n) is 5.70. The zero-order valence-corrected chi connectivity index (χ0v) is 19.0. The van der Waals surface area contributed by atoms with E-state index in [2.05, 4.69) is 15.6 Å². The molecule has 26 heavy (non-hydrogen) atoms. The first kappa shape index (κ1) is 23.5. The molecule has 0 unspecified atom stereocenters. The van der Waals surface area contributed by atoms with Gasteiger partial charge in [-0.15, -0.1) is 24.0 Å². The molecule has 2 aliphatic carbocycles. The molecule has 0 aromatic heterocycles. The average Bonchev–Trinajstić information content (AvgIpc) is 2.58. The van der Waals surface area contributed by atoms with Crippen LogP contribution in [0.25, 0.3) is 0 Å². The number of guanidine groups is 1. The maximum Gasteiger partial charge on any atom is 0.243 e. The molecule has 0 spiro atoms. The predicted molar refractivity (Wildman–Crippen MR) is 117 cm³/mol. The van der Waals surface area contributed by atoms with Crippen LogP contribution in [-0.4, -0.2) is 63.7 Å². The second kappa shape index (κ2) is 12.0. The Bertz CT molecular complexity index is 447. The van der Waals surface area contributed by atoms with Gasteiger partial charge in [0, 0.05) is 40.4 Å². The standard InChI is InChI=1S/C19H36N4O2.HI/c1-23(2)17(24)14-20-18(22-16-8-5-4-6-9-16)21-15-19(10-7-11-19)12-13-25-3;/h16H,4-15H2,1-3H3,(H2,20,21,22);1H. The molecule has 2 saturated carbocycles. The molecule has 2 fully saturated rings. The zero-order valence-electron chi connectivity index (χ0n) is 16.7. The van der Waals surface area contributed by atoms with E-state index in [-0.39, 0.29) is 36.4 Å². The first-order chi connectivity index (χ1) is 12.0. The van der Waals surface area contributed by atoms with E-state index in [1.54, 1.807) is 26.1 Å². The molecule has 0 aliphatic heterocycles. The van der Waals surface area contributed by atoms with Crippen molar-refractivity contribution in [1.82, 2.24) is 15.5 Å².